The maximum atomic E-state index is 12.3. The Morgan fingerprint density at radius 1 is 1.00 bits per heavy atom. The monoisotopic (exact) mass is 393 g/mol. The molecule has 3 atom stereocenters. The number of benzene rings is 1. The summed E-state index contributed by atoms with van der Waals surface area (Å²) in [5.41, 5.74) is 1.49. The molecule has 3 fully saturated rings. The first-order chi connectivity index (χ1) is 12.7. The average Bonchev–Trinajstić information content (AvgIpc) is 3.26. The summed E-state index contributed by atoms with van der Waals surface area (Å²) in [6.07, 6.45) is 6.68. The lowest BCUT2D eigenvalue weighted by Gasteiger charge is -2.28. The predicted octanol–water partition coefficient (Wildman–Crippen LogP) is 3.09. The van der Waals surface area contributed by atoms with E-state index in [1.165, 1.54) is 12.8 Å². The number of piperidine rings is 1. The number of hydrogen-bond donors (Lipinski definition) is 3. The van der Waals surface area contributed by atoms with Gasteiger partial charge in [0.2, 0.25) is 5.91 Å². The van der Waals surface area contributed by atoms with Crippen molar-refractivity contribution in [1.29, 1.82) is 0 Å². The van der Waals surface area contributed by atoms with Crippen molar-refractivity contribution in [3.05, 3.63) is 24.3 Å². The summed E-state index contributed by atoms with van der Waals surface area (Å²) in [6, 6.07) is 8.50. The number of fused-ring (bicyclic) bond motifs is 2. The molecule has 3 aliphatic heterocycles. The van der Waals surface area contributed by atoms with Crippen LogP contribution in [0.1, 0.15) is 44.9 Å². The van der Waals surface area contributed by atoms with Crippen molar-refractivity contribution < 1.29 is 14.3 Å². The van der Waals surface area contributed by atoms with Gasteiger partial charge in [-0.3, -0.25) is 9.59 Å². The molecule has 2 amide bonds. The zero-order chi connectivity index (χ0) is 17.9. The van der Waals surface area contributed by atoms with E-state index in [1.54, 1.807) is 0 Å². The van der Waals surface area contributed by atoms with Crippen LogP contribution in [0.5, 0.6) is 0 Å². The first-order valence-corrected chi connectivity index (χ1v) is 9.74. The predicted molar refractivity (Wildman–Crippen MR) is 107 cm³/mol. The summed E-state index contributed by atoms with van der Waals surface area (Å²) < 4.78 is 5.38. The third-order valence-electron chi connectivity index (χ3n) is 5.70. The maximum Gasteiger partial charge on any atom is 0.253 e. The van der Waals surface area contributed by atoms with E-state index < -0.39 is 0 Å². The lowest BCUT2D eigenvalue weighted by molar-refractivity contribution is -0.124. The van der Waals surface area contributed by atoms with Crippen molar-refractivity contribution in [2.75, 3.05) is 17.2 Å². The molecular formula is C20H28ClN3O3. The topological polar surface area (TPSA) is 79.5 Å². The average molecular weight is 394 g/mol. The van der Waals surface area contributed by atoms with Gasteiger partial charge in [0.1, 0.15) is 6.10 Å². The second-order valence-corrected chi connectivity index (χ2v) is 7.80. The Morgan fingerprint density at radius 3 is 2.22 bits per heavy atom. The van der Waals surface area contributed by atoms with E-state index in [-0.39, 0.29) is 30.3 Å². The van der Waals surface area contributed by atoms with Crippen LogP contribution < -0.4 is 16.0 Å². The molecule has 27 heavy (non-hydrogen) atoms. The quantitative estimate of drug-likeness (QED) is 0.718. The van der Waals surface area contributed by atoms with Gasteiger partial charge in [-0.2, -0.15) is 0 Å². The highest BCUT2D eigenvalue weighted by molar-refractivity contribution is 5.95. The van der Waals surface area contributed by atoms with Gasteiger partial charge >= 0.3 is 0 Å². The summed E-state index contributed by atoms with van der Waals surface area (Å²) in [7, 11) is 0. The molecular weight excluding hydrogens is 366 g/mol. The van der Waals surface area contributed by atoms with Crippen LogP contribution in [0.15, 0.2) is 24.3 Å². The van der Waals surface area contributed by atoms with Gasteiger partial charge in [0.15, 0.2) is 0 Å². The minimum atomic E-state index is -0.338. The number of anilines is 2. The molecule has 6 nitrogen and oxygen atoms in total. The number of carbonyl (C=O) groups excluding carboxylic acids is 2. The fraction of sp³-hybridized carbons (Fsp3) is 0.600. The summed E-state index contributed by atoms with van der Waals surface area (Å²) in [5, 5.41) is 9.45. The lowest BCUT2D eigenvalue weighted by Crippen LogP contribution is -2.39. The fourth-order valence-corrected chi connectivity index (χ4v) is 4.46. The Labute approximate surface area is 166 Å². The van der Waals surface area contributed by atoms with Gasteiger partial charge in [-0.1, -0.05) is 0 Å². The molecule has 0 radical (unpaired) electrons. The number of nitrogens with one attached hydrogen (secondary N) is 3. The van der Waals surface area contributed by atoms with E-state index in [0.29, 0.717) is 31.0 Å². The number of rotatable bonds is 5. The van der Waals surface area contributed by atoms with E-state index in [4.69, 9.17) is 4.74 Å². The highest BCUT2D eigenvalue weighted by atomic mass is 35.5. The van der Waals surface area contributed by atoms with Crippen LogP contribution in [0.25, 0.3) is 0 Å². The molecule has 3 aliphatic rings. The largest absolute Gasteiger partial charge is 0.368 e. The smallest absolute Gasteiger partial charge is 0.253 e. The first-order valence-electron chi connectivity index (χ1n) is 9.74. The van der Waals surface area contributed by atoms with Crippen molar-refractivity contribution in [3.8, 4) is 0 Å². The van der Waals surface area contributed by atoms with Crippen LogP contribution >= 0.6 is 12.4 Å². The van der Waals surface area contributed by atoms with Crippen molar-refractivity contribution in [1.82, 2.24) is 5.32 Å². The minimum absolute atomic E-state index is 0. The summed E-state index contributed by atoms with van der Waals surface area (Å²) >= 11 is 0. The molecule has 3 saturated heterocycles. The van der Waals surface area contributed by atoms with Gasteiger partial charge in [-0.25, -0.2) is 0 Å². The van der Waals surface area contributed by atoms with Gasteiger partial charge in [-0.05, 0) is 68.7 Å². The van der Waals surface area contributed by atoms with Crippen molar-refractivity contribution in [2.45, 2.75) is 63.1 Å². The standard InChI is InChI=1S/C20H27N3O3.ClH/c24-19(12-13-10-16-7-8-17(11-13)21-16)22-14-3-5-15(6-4-14)23-20(25)18-2-1-9-26-18;/h3-6,13,16-18,21H,1-2,7-12H2,(H,22,24)(H,23,25);1H. The lowest BCUT2D eigenvalue weighted by atomic mass is 9.89. The molecule has 0 saturated carbocycles. The highest BCUT2D eigenvalue weighted by Crippen LogP contribution is 2.32. The van der Waals surface area contributed by atoms with Gasteiger partial charge in [0.05, 0.1) is 0 Å². The Kier molecular flexibility index (Phi) is 6.73. The van der Waals surface area contributed by atoms with E-state index in [0.717, 1.165) is 37.1 Å². The molecule has 148 valence electrons. The summed E-state index contributed by atoms with van der Waals surface area (Å²) in [5.74, 6) is 0.464. The van der Waals surface area contributed by atoms with Gasteiger partial charge in [0, 0.05) is 36.5 Å². The molecule has 7 heteroatoms. The van der Waals surface area contributed by atoms with E-state index in [1.807, 2.05) is 24.3 Å². The zero-order valence-electron chi connectivity index (χ0n) is 15.4. The van der Waals surface area contributed by atoms with Gasteiger partial charge < -0.3 is 20.7 Å². The van der Waals surface area contributed by atoms with Crippen LogP contribution in [0, 0.1) is 5.92 Å². The molecule has 0 spiro atoms. The highest BCUT2D eigenvalue weighted by Gasteiger charge is 2.34. The van der Waals surface area contributed by atoms with Crippen molar-refractivity contribution in [2.24, 2.45) is 5.92 Å². The molecule has 0 aromatic heterocycles. The molecule has 3 N–H and O–H groups in total. The first kappa shape index (κ1) is 20.1. The third-order valence-corrected chi connectivity index (χ3v) is 5.70. The van der Waals surface area contributed by atoms with Crippen molar-refractivity contribution >= 4 is 35.6 Å². The number of hydrogen-bond acceptors (Lipinski definition) is 4. The summed E-state index contributed by atoms with van der Waals surface area (Å²) in [6.45, 7) is 0.654. The minimum Gasteiger partial charge on any atom is -0.368 e. The number of halogens is 1. The Hall–Kier alpha value is -1.63. The van der Waals surface area contributed by atoms with Crippen LogP contribution in [-0.2, 0) is 14.3 Å². The van der Waals surface area contributed by atoms with Crippen LogP contribution in [0.3, 0.4) is 0 Å². The van der Waals surface area contributed by atoms with Crippen LogP contribution in [-0.4, -0.2) is 36.6 Å². The van der Waals surface area contributed by atoms with E-state index >= 15 is 0 Å². The van der Waals surface area contributed by atoms with Gasteiger partial charge in [0.25, 0.3) is 5.91 Å². The Balaban J connectivity index is 0.00000210. The normalized spacial score (nSPS) is 29.0. The summed E-state index contributed by atoms with van der Waals surface area (Å²) in [4.78, 5) is 24.4. The SMILES string of the molecule is Cl.O=C(CC1CC2CCC(C1)N2)Nc1ccc(NC(=O)C2CCCO2)cc1. The van der Waals surface area contributed by atoms with E-state index in [2.05, 4.69) is 16.0 Å². The second-order valence-electron chi connectivity index (χ2n) is 7.80. The van der Waals surface area contributed by atoms with E-state index in [9.17, 15) is 9.59 Å². The molecule has 3 heterocycles. The number of ether oxygens (including phenoxy) is 1. The molecule has 2 bridgehead atoms. The molecule has 0 aliphatic carbocycles. The molecule has 1 aromatic carbocycles. The Morgan fingerprint density at radius 2 is 1.63 bits per heavy atom. The fourth-order valence-electron chi connectivity index (χ4n) is 4.46. The van der Waals surface area contributed by atoms with Crippen molar-refractivity contribution in [3.63, 3.8) is 0 Å². The van der Waals surface area contributed by atoms with Crippen LogP contribution in [0.4, 0.5) is 11.4 Å². The second kappa shape index (κ2) is 9.04. The van der Waals surface area contributed by atoms with Crippen LogP contribution in [0.2, 0.25) is 0 Å². The zero-order valence-corrected chi connectivity index (χ0v) is 16.2. The molecule has 3 unspecified atom stereocenters. The number of amides is 2. The Bertz CT molecular complexity index is 649. The molecule has 1 aromatic rings. The number of carbonyl (C=O) groups is 2. The molecule has 4 rings (SSSR count). The van der Waals surface area contributed by atoms with Gasteiger partial charge in [-0.15, -0.1) is 12.4 Å². The third kappa shape index (κ3) is 5.21. The maximum absolute atomic E-state index is 12.3.